The molecule has 0 saturated heterocycles. The fourth-order valence-electron chi connectivity index (χ4n) is 3.49. The maximum atomic E-state index is 12.6. The molecule has 9 heteroatoms. The molecule has 1 heterocycles. The first kappa shape index (κ1) is 23.8. The number of hydrogen-bond donors (Lipinski definition) is 2. The first-order chi connectivity index (χ1) is 15.5. The lowest BCUT2D eigenvalue weighted by atomic mass is 9.96. The van der Waals surface area contributed by atoms with Crippen molar-refractivity contribution in [1.82, 2.24) is 5.32 Å². The number of carbonyl (C=O) groups is 3. The Morgan fingerprint density at radius 1 is 1.22 bits per heavy atom. The minimum Gasteiger partial charge on any atom is -0.454 e. The third kappa shape index (κ3) is 6.11. The van der Waals surface area contributed by atoms with Gasteiger partial charge in [0.2, 0.25) is 0 Å². The Bertz CT molecular complexity index is 1010. The number of thiophene rings is 1. The van der Waals surface area contributed by atoms with Gasteiger partial charge in [0, 0.05) is 10.4 Å². The van der Waals surface area contributed by atoms with E-state index in [4.69, 9.17) is 4.74 Å². The van der Waals surface area contributed by atoms with Gasteiger partial charge < -0.3 is 15.4 Å². The number of thioether (sulfide) groups is 1. The quantitative estimate of drug-likeness (QED) is 0.542. The summed E-state index contributed by atoms with van der Waals surface area (Å²) in [5.74, 6) is -0.898. The van der Waals surface area contributed by atoms with Crippen LogP contribution in [0.2, 0.25) is 0 Å². The van der Waals surface area contributed by atoms with Crippen LogP contribution in [0.15, 0.2) is 30.3 Å². The topological polar surface area (TPSA) is 108 Å². The lowest BCUT2D eigenvalue weighted by Crippen LogP contribution is -2.43. The van der Waals surface area contributed by atoms with E-state index in [1.54, 1.807) is 42.1 Å². The molecule has 0 radical (unpaired) electrons. The van der Waals surface area contributed by atoms with Crippen LogP contribution >= 0.6 is 23.1 Å². The fraction of sp³-hybridized carbons (Fsp3) is 0.391. The Balaban J connectivity index is 1.58. The molecule has 1 atom stereocenters. The van der Waals surface area contributed by atoms with E-state index >= 15 is 0 Å². The molecule has 1 aliphatic carbocycles. The van der Waals surface area contributed by atoms with Crippen molar-refractivity contribution in [2.24, 2.45) is 0 Å². The molecule has 0 spiro atoms. The molecule has 0 bridgehead atoms. The lowest BCUT2D eigenvalue weighted by Gasteiger charge is -2.17. The first-order valence-electron chi connectivity index (χ1n) is 10.4. The number of benzene rings is 1. The molecule has 2 amide bonds. The smallest absolute Gasteiger partial charge is 0.329 e. The highest BCUT2D eigenvalue weighted by Crippen LogP contribution is 2.37. The maximum absolute atomic E-state index is 12.6. The summed E-state index contributed by atoms with van der Waals surface area (Å²) in [4.78, 5) is 38.5. The standard InChI is InChI=1S/C23H25N3O4S2/c1-31-12-11-18(25-21(28)15-7-3-2-4-8-15)23(29)30-14-20(27)26-22-17(13-24)16-9-5-6-10-19(16)32-22/h2-4,7-8,18H,5-6,9-12,14H2,1H3,(H,25,28)(H,26,27). The van der Waals surface area contributed by atoms with Gasteiger partial charge in [-0.2, -0.15) is 17.0 Å². The van der Waals surface area contributed by atoms with Gasteiger partial charge in [-0.25, -0.2) is 4.79 Å². The maximum Gasteiger partial charge on any atom is 0.329 e. The van der Waals surface area contributed by atoms with E-state index in [0.29, 0.717) is 28.3 Å². The van der Waals surface area contributed by atoms with Gasteiger partial charge in [-0.1, -0.05) is 18.2 Å². The predicted octanol–water partition coefficient (Wildman–Crippen LogP) is 3.53. The van der Waals surface area contributed by atoms with Gasteiger partial charge in [0.15, 0.2) is 6.61 Å². The van der Waals surface area contributed by atoms with Gasteiger partial charge in [-0.05, 0) is 61.8 Å². The van der Waals surface area contributed by atoms with E-state index in [1.807, 2.05) is 6.26 Å². The van der Waals surface area contributed by atoms with Crippen molar-refractivity contribution in [3.05, 3.63) is 51.9 Å². The zero-order valence-corrected chi connectivity index (χ0v) is 19.4. The van der Waals surface area contributed by atoms with E-state index in [-0.39, 0.29) is 5.91 Å². The van der Waals surface area contributed by atoms with Crippen molar-refractivity contribution >= 4 is 45.9 Å². The van der Waals surface area contributed by atoms with Crippen molar-refractivity contribution in [3.8, 4) is 6.07 Å². The highest BCUT2D eigenvalue weighted by atomic mass is 32.2. The molecular weight excluding hydrogens is 446 g/mol. The first-order valence-corrected chi connectivity index (χ1v) is 12.6. The molecule has 2 aromatic rings. The summed E-state index contributed by atoms with van der Waals surface area (Å²) in [5.41, 5.74) is 1.98. The number of esters is 1. The molecule has 0 saturated carbocycles. The Morgan fingerprint density at radius 2 is 1.97 bits per heavy atom. The third-order valence-corrected chi connectivity index (χ3v) is 6.97. The molecule has 1 aliphatic rings. The van der Waals surface area contributed by atoms with Gasteiger partial charge in [0.25, 0.3) is 11.8 Å². The zero-order chi connectivity index (χ0) is 22.9. The summed E-state index contributed by atoms with van der Waals surface area (Å²) in [5, 5.41) is 15.4. The van der Waals surface area contributed by atoms with Crippen LogP contribution in [0.3, 0.4) is 0 Å². The molecule has 1 unspecified atom stereocenters. The Morgan fingerprint density at radius 3 is 2.69 bits per heavy atom. The number of nitrogens with one attached hydrogen (secondary N) is 2. The number of hydrogen-bond acceptors (Lipinski definition) is 7. The number of amides is 2. The van der Waals surface area contributed by atoms with E-state index in [9.17, 15) is 19.6 Å². The minimum absolute atomic E-state index is 0.374. The van der Waals surface area contributed by atoms with Crippen molar-refractivity contribution in [2.45, 2.75) is 38.1 Å². The molecule has 3 rings (SSSR count). The lowest BCUT2D eigenvalue weighted by molar-refractivity contribution is -0.149. The normalized spacial score (nSPS) is 13.4. The Kier molecular flexibility index (Phi) is 8.71. The molecular formula is C23H25N3O4S2. The average molecular weight is 472 g/mol. The number of rotatable bonds is 9. The SMILES string of the molecule is CSCCC(NC(=O)c1ccccc1)C(=O)OCC(=O)Nc1sc2c(c1C#N)CCCC2. The number of fused-ring (bicyclic) bond motifs is 1. The second kappa shape index (κ2) is 11.7. The van der Waals surface area contributed by atoms with Gasteiger partial charge in [-0.15, -0.1) is 11.3 Å². The molecule has 0 aliphatic heterocycles. The van der Waals surface area contributed by atoms with Crippen molar-refractivity contribution in [3.63, 3.8) is 0 Å². The number of nitriles is 1. The fourth-order valence-corrected chi connectivity index (χ4v) is 5.22. The van der Waals surface area contributed by atoms with Gasteiger partial charge in [0.1, 0.15) is 17.1 Å². The number of nitrogens with zero attached hydrogens (tertiary/aromatic N) is 1. The Labute approximate surface area is 195 Å². The van der Waals surface area contributed by atoms with Crippen molar-refractivity contribution < 1.29 is 19.1 Å². The third-order valence-electron chi connectivity index (χ3n) is 5.12. The number of ether oxygens (including phenoxy) is 1. The Hall–Kier alpha value is -2.83. The molecule has 7 nitrogen and oxygen atoms in total. The molecule has 1 aromatic heterocycles. The van der Waals surface area contributed by atoms with Crippen LogP contribution < -0.4 is 10.6 Å². The van der Waals surface area contributed by atoms with Crippen LogP contribution in [0.1, 0.15) is 45.6 Å². The second-order valence-corrected chi connectivity index (χ2v) is 9.45. The van der Waals surface area contributed by atoms with Crippen LogP contribution in [0, 0.1) is 11.3 Å². The van der Waals surface area contributed by atoms with Crippen LogP contribution in [-0.2, 0) is 27.2 Å². The summed E-state index contributed by atoms with van der Waals surface area (Å²) in [6.07, 6.45) is 6.17. The van der Waals surface area contributed by atoms with E-state index in [0.717, 1.165) is 36.1 Å². The van der Waals surface area contributed by atoms with E-state index < -0.39 is 24.5 Å². The summed E-state index contributed by atoms with van der Waals surface area (Å²) >= 11 is 2.96. The van der Waals surface area contributed by atoms with Gasteiger partial charge >= 0.3 is 5.97 Å². The predicted molar refractivity (Wildman–Crippen MR) is 126 cm³/mol. The van der Waals surface area contributed by atoms with Crippen LogP contribution in [0.25, 0.3) is 0 Å². The van der Waals surface area contributed by atoms with Crippen LogP contribution in [0.5, 0.6) is 0 Å². The largest absolute Gasteiger partial charge is 0.454 e. The zero-order valence-electron chi connectivity index (χ0n) is 17.8. The van der Waals surface area contributed by atoms with Crippen LogP contribution in [-0.4, -0.2) is 42.4 Å². The minimum atomic E-state index is -0.855. The molecule has 0 fully saturated rings. The van der Waals surface area contributed by atoms with Gasteiger partial charge in [-0.3, -0.25) is 9.59 Å². The number of aryl methyl sites for hydroxylation is 1. The van der Waals surface area contributed by atoms with E-state index in [2.05, 4.69) is 16.7 Å². The summed E-state index contributed by atoms with van der Waals surface area (Å²) in [6, 6.07) is 9.94. The molecule has 168 valence electrons. The van der Waals surface area contributed by atoms with Gasteiger partial charge in [0.05, 0.1) is 5.56 Å². The summed E-state index contributed by atoms with van der Waals surface area (Å²) < 4.78 is 5.19. The van der Waals surface area contributed by atoms with Crippen LogP contribution in [0.4, 0.5) is 5.00 Å². The van der Waals surface area contributed by atoms with Crippen molar-refractivity contribution in [2.75, 3.05) is 23.9 Å². The molecule has 2 N–H and O–H groups in total. The number of anilines is 1. The van der Waals surface area contributed by atoms with E-state index in [1.165, 1.54) is 11.3 Å². The molecule has 32 heavy (non-hydrogen) atoms. The van der Waals surface area contributed by atoms with Crippen molar-refractivity contribution in [1.29, 1.82) is 5.26 Å². The average Bonchev–Trinajstić information content (AvgIpc) is 3.17. The highest BCUT2D eigenvalue weighted by molar-refractivity contribution is 7.98. The summed E-state index contributed by atoms with van der Waals surface area (Å²) in [7, 11) is 0. The summed E-state index contributed by atoms with van der Waals surface area (Å²) in [6.45, 7) is -0.483. The number of carbonyl (C=O) groups excluding carboxylic acids is 3. The molecule has 1 aromatic carbocycles. The highest BCUT2D eigenvalue weighted by Gasteiger charge is 2.25. The second-order valence-electron chi connectivity index (χ2n) is 7.36. The monoisotopic (exact) mass is 471 g/mol.